The highest BCUT2D eigenvalue weighted by Gasteiger charge is 2.48. The summed E-state index contributed by atoms with van der Waals surface area (Å²) in [6, 6.07) is 12.9. The molecule has 0 bridgehead atoms. The van der Waals surface area contributed by atoms with E-state index < -0.39 is 17.7 Å². The molecule has 3 aromatic carbocycles. The fourth-order valence-electron chi connectivity index (χ4n) is 5.07. The number of ether oxygens (including phenoxy) is 5. The number of amides is 1. The summed E-state index contributed by atoms with van der Waals surface area (Å²) in [5.74, 6) is -0.0836. The van der Waals surface area contributed by atoms with E-state index in [-0.39, 0.29) is 11.3 Å². The Hall–Kier alpha value is -4.77. The van der Waals surface area contributed by atoms with E-state index in [4.69, 9.17) is 23.7 Å². The lowest BCUT2D eigenvalue weighted by molar-refractivity contribution is -0.132. The van der Waals surface area contributed by atoms with E-state index >= 15 is 0 Å². The van der Waals surface area contributed by atoms with Gasteiger partial charge in [0.2, 0.25) is 5.75 Å². The molecule has 1 N–H and O–H groups in total. The number of benzene rings is 3. The first-order valence-corrected chi connectivity index (χ1v) is 13.5. The number of hydrogen-bond donors (Lipinski definition) is 1. The van der Waals surface area contributed by atoms with Gasteiger partial charge in [0.05, 0.1) is 43.2 Å². The van der Waals surface area contributed by atoms with Gasteiger partial charge >= 0.3 is 5.91 Å². The highest BCUT2D eigenvalue weighted by atomic mass is 32.1. The lowest BCUT2D eigenvalue weighted by atomic mass is 9.94. The average molecular weight is 575 g/mol. The molecule has 2 aliphatic rings. The van der Waals surface area contributed by atoms with Crippen LogP contribution in [0.4, 0.5) is 5.13 Å². The number of anilines is 1. The van der Waals surface area contributed by atoms with Crippen LogP contribution in [0.2, 0.25) is 0 Å². The Labute approximate surface area is 239 Å². The van der Waals surface area contributed by atoms with E-state index in [2.05, 4.69) is 4.98 Å². The molecule has 0 spiro atoms. The van der Waals surface area contributed by atoms with Gasteiger partial charge < -0.3 is 28.8 Å². The Morgan fingerprint density at radius 2 is 1.66 bits per heavy atom. The topological polar surface area (TPSA) is 117 Å². The third-order valence-corrected chi connectivity index (χ3v) is 8.02. The number of Topliss-reactive ketones (excluding diaryl/α,β-unsaturated/α-hetero) is 1. The molecule has 0 saturated carbocycles. The number of fused-ring (bicyclic) bond motifs is 2. The third kappa shape index (κ3) is 4.38. The first-order chi connectivity index (χ1) is 19.8. The molecular formula is C30H26N2O8S. The van der Waals surface area contributed by atoms with Crippen LogP contribution in [0.3, 0.4) is 0 Å². The molecule has 1 fully saturated rings. The van der Waals surface area contributed by atoms with Crippen molar-refractivity contribution in [1.29, 1.82) is 0 Å². The van der Waals surface area contributed by atoms with Gasteiger partial charge in [-0.15, -0.1) is 0 Å². The second kappa shape index (κ2) is 10.3. The van der Waals surface area contributed by atoms with Gasteiger partial charge in [0.25, 0.3) is 5.78 Å². The molecule has 11 heteroatoms. The number of ketones is 1. The van der Waals surface area contributed by atoms with Gasteiger partial charge in [-0.25, -0.2) is 4.98 Å². The monoisotopic (exact) mass is 574 g/mol. The van der Waals surface area contributed by atoms with Crippen LogP contribution in [-0.2, 0) is 9.59 Å². The van der Waals surface area contributed by atoms with Crippen molar-refractivity contribution in [3.05, 3.63) is 70.8 Å². The molecule has 3 heterocycles. The summed E-state index contributed by atoms with van der Waals surface area (Å²) in [6.45, 7) is 2.73. The van der Waals surface area contributed by atoms with E-state index in [1.165, 1.54) is 37.6 Å². The molecule has 1 atom stereocenters. The van der Waals surface area contributed by atoms with Crippen LogP contribution in [0.15, 0.2) is 54.1 Å². The molecule has 4 aromatic rings. The van der Waals surface area contributed by atoms with Crippen LogP contribution < -0.4 is 28.6 Å². The van der Waals surface area contributed by atoms with E-state index in [1.807, 2.05) is 25.1 Å². The summed E-state index contributed by atoms with van der Waals surface area (Å²) in [7, 11) is 4.43. The van der Waals surface area contributed by atoms with Gasteiger partial charge in [0, 0.05) is 5.56 Å². The van der Waals surface area contributed by atoms with Gasteiger partial charge in [0.1, 0.15) is 19.0 Å². The van der Waals surface area contributed by atoms with Crippen molar-refractivity contribution in [2.24, 2.45) is 0 Å². The van der Waals surface area contributed by atoms with Crippen LogP contribution in [0.5, 0.6) is 28.7 Å². The second-order valence-corrected chi connectivity index (χ2v) is 10.5. The highest BCUT2D eigenvalue weighted by molar-refractivity contribution is 7.22. The van der Waals surface area contributed by atoms with Gasteiger partial charge in [-0.05, 0) is 60.5 Å². The van der Waals surface area contributed by atoms with Gasteiger partial charge in [0.15, 0.2) is 28.1 Å². The Morgan fingerprint density at radius 3 is 2.34 bits per heavy atom. The number of hydrogen-bond acceptors (Lipinski definition) is 10. The summed E-state index contributed by atoms with van der Waals surface area (Å²) >= 11 is 1.28. The highest BCUT2D eigenvalue weighted by Crippen LogP contribution is 2.48. The molecule has 210 valence electrons. The Bertz CT molecular complexity index is 1720. The lowest BCUT2D eigenvalue weighted by Crippen LogP contribution is -2.29. The van der Waals surface area contributed by atoms with E-state index in [1.54, 1.807) is 30.3 Å². The van der Waals surface area contributed by atoms with Crippen LogP contribution in [0.25, 0.3) is 16.0 Å². The third-order valence-electron chi connectivity index (χ3n) is 7.00. The molecule has 1 aromatic heterocycles. The number of aromatic nitrogens is 1. The first kappa shape index (κ1) is 26.5. The summed E-state index contributed by atoms with van der Waals surface area (Å²) in [4.78, 5) is 33.4. The van der Waals surface area contributed by atoms with E-state index in [0.29, 0.717) is 63.7 Å². The maximum absolute atomic E-state index is 13.7. The molecule has 10 nitrogen and oxygen atoms in total. The minimum Gasteiger partial charge on any atom is -0.507 e. The van der Waals surface area contributed by atoms with Crippen molar-refractivity contribution >= 4 is 44.1 Å². The van der Waals surface area contributed by atoms with Gasteiger partial charge in [-0.1, -0.05) is 17.4 Å². The average Bonchev–Trinajstić information content (AvgIpc) is 3.52. The number of carbonyl (C=O) groups excluding carboxylic acids is 2. The predicted molar refractivity (Wildman–Crippen MR) is 153 cm³/mol. The maximum atomic E-state index is 13.7. The minimum absolute atomic E-state index is 0.114. The summed E-state index contributed by atoms with van der Waals surface area (Å²) < 4.78 is 28.7. The normalized spacial score (nSPS) is 17.7. The second-order valence-electron chi connectivity index (χ2n) is 9.45. The standard InChI is InChI=1S/C30H26N2O8S/c1-15-5-7-18-23(11-15)41-30(31-18)32-25(17-13-21(36-2)28(38-4)22(14-17)37-3)24(27(34)29(32)35)26(33)16-6-8-19-20(12-16)40-10-9-39-19/h5-8,11-14,25,33H,9-10H2,1-4H3/b26-24+. The van der Waals surface area contributed by atoms with Crippen molar-refractivity contribution in [3.8, 4) is 28.7 Å². The molecule has 1 saturated heterocycles. The number of methoxy groups -OCH3 is 3. The van der Waals surface area contributed by atoms with Crippen molar-refractivity contribution in [3.63, 3.8) is 0 Å². The SMILES string of the molecule is COc1cc(C2/C(=C(\O)c3ccc4c(c3)OCCO4)C(=O)C(=O)N2c2nc3ccc(C)cc3s2)cc(OC)c1OC. The van der Waals surface area contributed by atoms with Crippen molar-refractivity contribution in [2.75, 3.05) is 39.4 Å². The van der Waals surface area contributed by atoms with Crippen LogP contribution >= 0.6 is 11.3 Å². The fourth-order valence-corrected chi connectivity index (χ4v) is 6.16. The van der Waals surface area contributed by atoms with Crippen molar-refractivity contribution < 1.29 is 38.4 Å². The molecule has 2 aliphatic heterocycles. The molecule has 1 unspecified atom stereocenters. The summed E-state index contributed by atoms with van der Waals surface area (Å²) in [5.41, 5.74) is 2.36. The molecule has 0 aliphatic carbocycles. The first-order valence-electron chi connectivity index (χ1n) is 12.7. The van der Waals surface area contributed by atoms with E-state index in [9.17, 15) is 14.7 Å². The predicted octanol–water partition coefficient (Wildman–Crippen LogP) is 5.03. The number of nitrogens with zero attached hydrogens (tertiary/aromatic N) is 2. The maximum Gasteiger partial charge on any atom is 0.301 e. The molecule has 0 radical (unpaired) electrons. The zero-order valence-corrected chi connectivity index (χ0v) is 23.5. The molecule has 1 amide bonds. The van der Waals surface area contributed by atoms with Crippen LogP contribution in [-0.4, -0.2) is 56.3 Å². The number of aliphatic hydroxyl groups is 1. The zero-order chi connectivity index (χ0) is 28.8. The number of aryl methyl sites for hydroxylation is 1. The largest absolute Gasteiger partial charge is 0.507 e. The molecule has 41 heavy (non-hydrogen) atoms. The van der Waals surface area contributed by atoms with Crippen molar-refractivity contribution in [2.45, 2.75) is 13.0 Å². The molecule has 6 rings (SSSR count). The number of aliphatic hydroxyl groups excluding tert-OH is 1. The number of rotatable bonds is 6. The number of thiazole rings is 1. The summed E-state index contributed by atoms with van der Waals surface area (Å²) in [6.07, 6.45) is 0. The smallest absolute Gasteiger partial charge is 0.301 e. The fraction of sp³-hybridized carbons (Fsp3) is 0.233. The van der Waals surface area contributed by atoms with Gasteiger partial charge in [-0.2, -0.15) is 0 Å². The Kier molecular flexibility index (Phi) is 6.66. The number of carbonyl (C=O) groups is 2. The van der Waals surface area contributed by atoms with Gasteiger partial charge in [-0.3, -0.25) is 14.5 Å². The quantitative estimate of drug-likeness (QED) is 0.192. The van der Waals surface area contributed by atoms with Crippen molar-refractivity contribution in [1.82, 2.24) is 4.98 Å². The van der Waals surface area contributed by atoms with Crippen LogP contribution in [0.1, 0.15) is 22.7 Å². The Morgan fingerprint density at radius 1 is 0.951 bits per heavy atom. The minimum atomic E-state index is -1.06. The van der Waals surface area contributed by atoms with Crippen LogP contribution in [0, 0.1) is 6.92 Å². The molecular weight excluding hydrogens is 548 g/mol. The summed E-state index contributed by atoms with van der Waals surface area (Å²) in [5, 5.41) is 11.9. The van der Waals surface area contributed by atoms with E-state index in [0.717, 1.165) is 10.3 Å². The lowest BCUT2D eigenvalue weighted by Gasteiger charge is -2.25. The zero-order valence-electron chi connectivity index (χ0n) is 22.7. The Balaban J connectivity index is 1.59.